The van der Waals surface area contributed by atoms with Crippen LogP contribution in [0, 0.1) is 5.41 Å². The maximum absolute atomic E-state index is 5.70. The molecule has 0 aliphatic heterocycles. The van der Waals surface area contributed by atoms with Crippen molar-refractivity contribution in [2.45, 2.75) is 33.7 Å². The fourth-order valence-electron chi connectivity index (χ4n) is 1.91. The molecule has 16 heavy (non-hydrogen) atoms. The predicted octanol–water partition coefficient (Wildman–Crippen LogP) is 2.38. The average molecular weight is 217 g/mol. The van der Waals surface area contributed by atoms with E-state index in [1.807, 2.05) is 18.3 Å². The molecule has 2 aromatic rings. The van der Waals surface area contributed by atoms with Gasteiger partial charge >= 0.3 is 0 Å². The Morgan fingerprint density at radius 3 is 2.75 bits per heavy atom. The van der Waals surface area contributed by atoms with E-state index in [2.05, 4.69) is 36.4 Å². The fraction of sp³-hybridized carbons (Fsp3) is 0.462. The summed E-state index contributed by atoms with van der Waals surface area (Å²) in [4.78, 5) is 4.65. The van der Waals surface area contributed by atoms with Crippen molar-refractivity contribution in [2.24, 2.45) is 11.1 Å². The molecular formula is C13H19N3. The van der Waals surface area contributed by atoms with Crippen molar-refractivity contribution >= 4 is 5.65 Å². The van der Waals surface area contributed by atoms with Crippen LogP contribution in [0.2, 0.25) is 0 Å². The molecule has 0 unspecified atom stereocenters. The number of nitrogens with zero attached hydrogens (tertiary/aromatic N) is 2. The third-order valence-electron chi connectivity index (χ3n) is 2.54. The van der Waals surface area contributed by atoms with Gasteiger partial charge in [-0.3, -0.25) is 0 Å². The predicted molar refractivity (Wildman–Crippen MR) is 66.2 cm³/mol. The molecule has 3 nitrogen and oxygen atoms in total. The van der Waals surface area contributed by atoms with Gasteiger partial charge in [0.15, 0.2) is 0 Å². The Morgan fingerprint density at radius 1 is 1.38 bits per heavy atom. The minimum Gasteiger partial charge on any atom is -0.326 e. The molecule has 0 aliphatic rings. The number of aromatic nitrogens is 2. The van der Waals surface area contributed by atoms with Crippen LogP contribution in [0.4, 0.5) is 0 Å². The van der Waals surface area contributed by atoms with Gasteiger partial charge in [0.2, 0.25) is 0 Å². The summed E-state index contributed by atoms with van der Waals surface area (Å²) >= 11 is 0. The number of nitrogens with two attached hydrogens (primary N) is 1. The molecule has 0 saturated carbocycles. The number of rotatable bonds is 2. The van der Waals surface area contributed by atoms with Crippen LogP contribution in [-0.4, -0.2) is 9.38 Å². The molecule has 86 valence electrons. The molecule has 2 rings (SSSR count). The van der Waals surface area contributed by atoms with E-state index in [9.17, 15) is 0 Å². The van der Waals surface area contributed by atoms with Crippen LogP contribution < -0.4 is 5.73 Å². The lowest BCUT2D eigenvalue weighted by atomic mass is 9.91. The largest absolute Gasteiger partial charge is 0.326 e. The van der Waals surface area contributed by atoms with Crippen LogP contribution >= 0.6 is 0 Å². The zero-order valence-electron chi connectivity index (χ0n) is 10.2. The number of fused-ring (bicyclic) bond motifs is 1. The van der Waals surface area contributed by atoms with Gasteiger partial charge in [0, 0.05) is 24.5 Å². The Hall–Kier alpha value is -1.35. The molecule has 0 bridgehead atoms. The zero-order valence-corrected chi connectivity index (χ0v) is 10.2. The fourth-order valence-corrected chi connectivity index (χ4v) is 1.91. The van der Waals surface area contributed by atoms with Crippen LogP contribution in [0.3, 0.4) is 0 Å². The molecule has 2 aromatic heterocycles. The summed E-state index contributed by atoms with van der Waals surface area (Å²) in [6, 6.07) is 4.04. The third kappa shape index (κ3) is 2.25. The van der Waals surface area contributed by atoms with Gasteiger partial charge in [-0.1, -0.05) is 26.8 Å². The van der Waals surface area contributed by atoms with Crippen LogP contribution in [0.1, 0.15) is 32.0 Å². The van der Waals surface area contributed by atoms with Gasteiger partial charge in [-0.15, -0.1) is 0 Å². The Bertz CT molecular complexity index is 491. The molecule has 2 N–H and O–H groups in total. The van der Waals surface area contributed by atoms with Crippen molar-refractivity contribution in [1.82, 2.24) is 9.38 Å². The molecular weight excluding hydrogens is 198 g/mol. The van der Waals surface area contributed by atoms with Crippen molar-refractivity contribution < 1.29 is 0 Å². The van der Waals surface area contributed by atoms with Gasteiger partial charge in [0.05, 0.1) is 5.69 Å². The third-order valence-corrected chi connectivity index (χ3v) is 2.54. The minimum absolute atomic E-state index is 0.265. The maximum atomic E-state index is 5.70. The second kappa shape index (κ2) is 3.91. The number of hydrogen-bond acceptors (Lipinski definition) is 2. The van der Waals surface area contributed by atoms with Crippen LogP contribution in [0.25, 0.3) is 5.65 Å². The summed E-state index contributed by atoms with van der Waals surface area (Å²) < 4.78 is 2.06. The van der Waals surface area contributed by atoms with Crippen molar-refractivity contribution in [3.8, 4) is 0 Å². The van der Waals surface area contributed by atoms with Crippen molar-refractivity contribution in [3.63, 3.8) is 0 Å². The molecule has 0 saturated heterocycles. The summed E-state index contributed by atoms with van der Waals surface area (Å²) in [5.74, 6) is 0. The Morgan fingerprint density at radius 2 is 2.12 bits per heavy atom. The summed E-state index contributed by atoms with van der Waals surface area (Å²) in [6.07, 6.45) is 5.10. The van der Waals surface area contributed by atoms with Gasteiger partial charge in [-0.05, 0) is 17.9 Å². The zero-order chi connectivity index (χ0) is 11.8. The van der Waals surface area contributed by atoms with E-state index < -0.39 is 0 Å². The Labute approximate surface area is 96.3 Å². The van der Waals surface area contributed by atoms with Gasteiger partial charge in [0.25, 0.3) is 0 Å². The minimum atomic E-state index is 0.265. The average Bonchev–Trinajstić information content (AvgIpc) is 2.56. The quantitative estimate of drug-likeness (QED) is 0.839. The number of hydrogen-bond donors (Lipinski definition) is 1. The van der Waals surface area contributed by atoms with Crippen molar-refractivity contribution in [2.75, 3.05) is 0 Å². The molecule has 0 radical (unpaired) electrons. The first-order valence-electron chi connectivity index (χ1n) is 5.65. The Kier molecular flexibility index (Phi) is 2.72. The van der Waals surface area contributed by atoms with E-state index >= 15 is 0 Å². The molecule has 0 spiro atoms. The lowest BCUT2D eigenvalue weighted by Gasteiger charge is -2.15. The van der Waals surface area contributed by atoms with Crippen LogP contribution in [-0.2, 0) is 13.0 Å². The normalized spacial score (nSPS) is 12.2. The van der Waals surface area contributed by atoms with Gasteiger partial charge < -0.3 is 10.1 Å². The number of pyridine rings is 1. The second-order valence-electron chi connectivity index (χ2n) is 5.44. The van der Waals surface area contributed by atoms with E-state index in [0.717, 1.165) is 23.3 Å². The molecule has 2 heterocycles. The maximum Gasteiger partial charge on any atom is 0.141 e. The first kappa shape index (κ1) is 11.1. The molecule has 3 heteroatoms. The van der Waals surface area contributed by atoms with Crippen molar-refractivity contribution in [1.29, 1.82) is 0 Å². The number of imidazole rings is 1. The lowest BCUT2D eigenvalue weighted by molar-refractivity contribution is 0.407. The molecule has 0 amide bonds. The van der Waals surface area contributed by atoms with Crippen LogP contribution in [0.5, 0.6) is 0 Å². The van der Waals surface area contributed by atoms with E-state index in [-0.39, 0.29) is 5.41 Å². The molecule has 0 aromatic carbocycles. The smallest absolute Gasteiger partial charge is 0.141 e. The standard InChI is InChI=1S/C13H19N3/c1-13(2,3)7-11-9-16-6-4-5-10(8-14)12(16)15-11/h4-6,9H,7-8,14H2,1-3H3. The highest BCUT2D eigenvalue weighted by Gasteiger charge is 2.14. The highest BCUT2D eigenvalue weighted by Crippen LogP contribution is 2.21. The van der Waals surface area contributed by atoms with Crippen LogP contribution in [0.15, 0.2) is 24.5 Å². The first-order valence-corrected chi connectivity index (χ1v) is 5.65. The Balaban J connectivity index is 2.44. The highest BCUT2D eigenvalue weighted by atomic mass is 15.0. The summed E-state index contributed by atoms with van der Waals surface area (Å²) in [5.41, 5.74) is 9.19. The summed E-state index contributed by atoms with van der Waals surface area (Å²) in [7, 11) is 0. The van der Waals surface area contributed by atoms with Gasteiger partial charge in [-0.2, -0.15) is 0 Å². The monoisotopic (exact) mass is 217 g/mol. The molecule has 0 fully saturated rings. The summed E-state index contributed by atoms with van der Waals surface area (Å²) in [5, 5.41) is 0. The highest BCUT2D eigenvalue weighted by molar-refractivity contribution is 5.48. The lowest BCUT2D eigenvalue weighted by Crippen LogP contribution is -2.09. The van der Waals surface area contributed by atoms with E-state index in [4.69, 9.17) is 5.73 Å². The van der Waals surface area contributed by atoms with Crippen molar-refractivity contribution in [3.05, 3.63) is 35.8 Å². The molecule has 0 atom stereocenters. The second-order valence-corrected chi connectivity index (χ2v) is 5.44. The SMILES string of the molecule is CC(C)(C)Cc1cn2cccc(CN)c2n1. The van der Waals surface area contributed by atoms with Gasteiger partial charge in [0.1, 0.15) is 5.65 Å². The van der Waals surface area contributed by atoms with E-state index in [0.29, 0.717) is 6.54 Å². The first-order chi connectivity index (χ1) is 7.49. The van der Waals surface area contributed by atoms with E-state index in [1.165, 1.54) is 0 Å². The van der Waals surface area contributed by atoms with E-state index in [1.54, 1.807) is 0 Å². The van der Waals surface area contributed by atoms with Gasteiger partial charge in [-0.25, -0.2) is 4.98 Å². The molecule has 0 aliphatic carbocycles. The topological polar surface area (TPSA) is 43.3 Å². The summed E-state index contributed by atoms with van der Waals surface area (Å²) in [6.45, 7) is 7.21.